The molecule has 1 heteroatoms. The summed E-state index contributed by atoms with van der Waals surface area (Å²) in [4.78, 5) is 0. The first kappa shape index (κ1) is 11.7. The van der Waals surface area contributed by atoms with Gasteiger partial charge in [-0.15, -0.1) is 6.42 Å². The van der Waals surface area contributed by atoms with Gasteiger partial charge in [-0.05, 0) is 25.0 Å². The Bertz CT molecular complexity index is 297. The quantitative estimate of drug-likeness (QED) is 0.505. The third-order valence-corrected chi connectivity index (χ3v) is 2.28. The Morgan fingerprint density at radius 1 is 1.27 bits per heavy atom. The van der Waals surface area contributed by atoms with Crippen LogP contribution in [-0.4, -0.2) is 6.10 Å². The van der Waals surface area contributed by atoms with Gasteiger partial charge in [0.05, 0.1) is 0 Å². The predicted octanol–water partition coefficient (Wildman–Crippen LogP) is 3.65. The first-order chi connectivity index (χ1) is 7.36. The van der Waals surface area contributed by atoms with Crippen LogP contribution in [0.4, 0.5) is 0 Å². The number of terminal acetylenes is 1. The van der Waals surface area contributed by atoms with Gasteiger partial charge in [0.2, 0.25) is 0 Å². The summed E-state index contributed by atoms with van der Waals surface area (Å²) in [7, 11) is 0. The molecule has 80 valence electrons. The molecule has 0 spiro atoms. The average molecular weight is 202 g/mol. The van der Waals surface area contributed by atoms with Gasteiger partial charge in [0.25, 0.3) is 0 Å². The lowest BCUT2D eigenvalue weighted by molar-refractivity contribution is 0.243. The van der Waals surface area contributed by atoms with E-state index < -0.39 is 0 Å². The van der Waals surface area contributed by atoms with Crippen molar-refractivity contribution in [3.63, 3.8) is 0 Å². The molecule has 1 nitrogen and oxygen atoms in total. The van der Waals surface area contributed by atoms with Crippen molar-refractivity contribution in [3.05, 3.63) is 30.3 Å². The Morgan fingerprint density at radius 3 is 2.60 bits per heavy atom. The average Bonchev–Trinajstić information content (AvgIpc) is 2.29. The first-order valence-electron chi connectivity index (χ1n) is 5.54. The highest BCUT2D eigenvalue weighted by Crippen LogP contribution is 2.14. The first-order valence-corrected chi connectivity index (χ1v) is 5.54. The van der Waals surface area contributed by atoms with Crippen molar-refractivity contribution in [2.75, 3.05) is 0 Å². The molecule has 0 aliphatic carbocycles. The topological polar surface area (TPSA) is 9.23 Å². The van der Waals surface area contributed by atoms with Gasteiger partial charge < -0.3 is 4.74 Å². The Morgan fingerprint density at radius 2 is 2.00 bits per heavy atom. The highest BCUT2D eigenvalue weighted by Gasteiger charge is 2.05. The van der Waals surface area contributed by atoms with Crippen LogP contribution in [-0.2, 0) is 0 Å². The summed E-state index contributed by atoms with van der Waals surface area (Å²) in [6.07, 6.45) is 9.85. The van der Waals surface area contributed by atoms with E-state index in [0.29, 0.717) is 0 Å². The van der Waals surface area contributed by atoms with Gasteiger partial charge in [0.1, 0.15) is 5.75 Å². The summed E-state index contributed by atoms with van der Waals surface area (Å²) in [5, 5.41) is 0. The van der Waals surface area contributed by atoms with Gasteiger partial charge in [0.15, 0.2) is 6.10 Å². The molecular weight excluding hydrogens is 184 g/mol. The summed E-state index contributed by atoms with van der Waals surface area (Å²) in [6, 6.07) is 9.74. The molecule has 15 heavy (non-hydrogen) atoms. The van der Waals surface area contributed by atoms with Crippen LogP contribution in [0, 0.1) is 12.3 Å². The molecule has 1 unspecified atom stereocenters. The van der Waals surface area contributed by atoms with E-state index in [1.807, 2.05) is 30.3 Å². The number of rotatable bonds is 6. The van der Waals surface area contributed by atoms with Crippen molar-refractivity contribution < 1.29 is 4.74 Å². The number of hydrogen-bond acceptors (Lipinski definition) is 1. The Kier molecular flexibility index (Phi) is 5.40. The number of benzene rings is 1. The molecule has 1 aromatic carbocycles. The molecule has 0 saturated carbocycles. The van der Waals surface area contributed by atoms with Crippen LogP contribution >= 0.6 is 0 Å². The van der Waals surface area contributed by atoms with E-state index in [1.165, 1.54) is 12.8 Å². The zero-order valence-electron chi connectivity index (χ0n) is 9.28. The van der Waals surface area contributed by atoms with Gasteiger partial charge in [0, 0.05) is 0 Å². The van der Waals surface area contributed by atoms with Crippen LogP contribution in [0.2, 0.25) is 0 Å². The van der Waals surface area contributed by atoms with Crippen LogP contribution < -0.4 is 4.74 Å². The number of hydrogen-bond donors (Lipinski definition) is 0. The number of ether oxygens (including phenoxy) is 1. The smallest absolute Gasteiger partial charge is 0.158 e. The minimum atomic E-state index is -0.0843. The van der Waals surface area contributed by atoms with Gasteiger partial charge in [-0.3, -0.25) is 0 Å². The van der Waals surface area contributed by atoms with Crippen LogP contribution in [0.15, 0.2) is 30.3 Å². The highest BCUT2D eigenvalue weighted by molar-refractivity contribution is 5.22. The van der Waals surface area contributed by atoms with Crippen molar-refractivity contribution in [3.8, 4) is 18.1 Å². The highest BCUT2D eigenvalue weighted by atomic mass is 16.5. The van der Waals surface area contributed by atoms with Gasteiger partial charge in [-0.2, -0.15) is 0 Å². The molecule has 0 bridgehead atoms. The maximum absolute atomic E-state index is 5.67. The molecule has 1 rings (SSSR count). The van der Waals surface area contributed by atoms with E-state index in [4.69, 9.17) is 11.2 Å². The minimum absolute atomic E-state index is 0.0843. The lowest BCUT2D eigenvalue weighted by Crippen LogP contribution is -2.13. The van der Waals surface area contributed by atoms with Crippen molar-refractivity contribution in [1.82, 2.24) is 0 Å². The number of para-hydroxylation sites is 1. The van der Waals surface area contributed by atoms with Crippen LogP contribution in [0.3, 0.4) is 0 Å². The molecule has 0 aliphatic rings. The van der Waals surface area contributed by atoms with Crippen molar-refractivity contribution >= 4 is 0 Å². The molecule has 0 radical (unpaired) electrons. The van der Waals surface area contributed by atoms with Crippen molar-refractivity contribution in [1.29, 1.82) is 0 Å². The van der Waals surface area contributed by atoms with E-state index in [-0.39, 0.29) is 6.10 Å². The van der Waals surface area contributed by atoms with Gasteiger partial charge in [-0.25, -0.2) is 0 Å². The molecule has 0 saturated heterocycles. The predicted molar refractivity (Wildman–Crippen MR) is 63.8 cm³/mol. The second kappa shape index (κ2) is 6.95. The number of unbranched alkanes of at least 4 members (excludes halogenated alkanes) is 2. The molecule has 0 aromatic heterocycles. The van der Waals surface area contributed by atoms with E-state index in [1.54, 1.807) is 0 Å². The van der Waals surface area contributed by atoms with Gasteiger partial charge in [-0.1, -0.05) is 43.9 Å². The second-order valence-electron chi connectivity index (χ2n) is 3.58. The fraction of sp³-hybridized carbons (Fsp3) is 0.429. The zero-order chi connectivity index (χ0) is 10.9. The standard InChI is InChI=1S/C14H18O/c1-3-5-7-10-13(4-2)15-14-11-8-6-9-12-14/h2,6,8-9,11-13H,3,5,7,10H2,1H3. The van der Waals surface area contributed by atoms with E-state index in [0.717, 1.165) is 18.6 Å². The maximum Gasteiger partial charge on any atom is 0.158 e. The normalized spacial score (nSPS) is 11.7. The molecule has 0 fully saturated rings. The Labute approximate surface area is 92.5 Å². The monoisotopic (exact) mass is 202 g/mol. The molecule has 0 heterocycles. The summed E-state index contributed by atoms with van der Waals surface area (Å²) in [5.74, 6) is 3.55. The molecule has 0 N–H and O–H groups in total. The second-order valence-corrected chi connectivity index (χ2v) is 3.58. The van der Waals surface area contributed by atoms with Crippen molar-refractivity contribution in [2.45, 2.75) is 38.7 Å². The molecule has 1 aromatic rings. The summed E-state index contributed by atoms with van der Waals surface area (Å²) in [6.45, 7) is 2.18. The summed E-state index contributed by atoms with van der Waals surface area (Å²) >= 11 is 0. The summed E-state index contributed by atoms with van der Waals surface area (Å²) < 4.78 is 5.67. The van der Waals surface area contributed by atoms with Gasteiger partial charge >= 0.3 is 0 Å². The maximum atomic E-state index is 5.67. The molecular formula is C14H18O. The summed E-state index contributed by atoms with van der Waals surface area (Å²) in [5.41, 5.74) is 0. The third kappa shape index (κ3) is 4.56. The van der Waals surface area contributed by atoms with E-state index in [9.17, 15) is 0 Å². The Balaban J connectivity index is 2.38. The molecule has 1 atom stereocenters. The van der Waals surface area contributed by atoms with Crippen LogP contribution in [0.5, 0.6) is 5.75 Å². The largest absolute Gasteiger partial charge is 0.478 e. The lowest BCUT2D eigenvalue weighted by atomic mass is 10.1. The van der Waals surface area contributed by atoms with Crippen LogP contribution in [0.1, 0.15) is 32.6 Å². The Hall–Kier alpha value is -1.42. The lowest BCUT2D eigenvalue weighted by Gasteiger charge is -2.13. The fourth-order valence-corrected chi connectivity index (χ4v) is 1.42. The zero-order valence-corrected chi connectivity index (χ0v) is 9.28. The molecule has 0 amide bonds. The molecule has 0 aliphatic heterocycles. The van der Waals surface area contributed by atoms with Crippen LogP contribution in [0.25, 0.3) is 0 Å². The van der Waals surface area contributed by atoms with E-state index >= 15 is 0 Å². The van der Waals surface area contributed by atoms with E-state index in [2.05, 4.69) is 12.8 Å². The third-order valence-electron chi connectivity index (χ3n) is 2.28. The fourth-order valence-electron chi connectivity index (χ4n) is 1.42. The SMILES string of the molecule is C#CC(CCCCC)Oc1ccccc1. The van der Waals surface area contributed by atoms with Crippen molar-refractivity contribution in [2.24, 2.45) is 0 Å². The minimum Gasteiger partial charge on any atom is -0.478 e.